The number of halogens is 2. The smallest absolute Gasteiger partial charge is 0.363 e. The molecule has 0 fully saturated rings. The van der Waals surface area contributed by atoms with Gasteiger partial charge in [-0.25, -0.2) is 9.79 Å². The maximum atomic E-state index is 12.6. The zero-order valence-corrected chi connectivity index (χ0v) is 21.5. The third-order valence-corrected chi connectivity index (χ3v) is 7.42. The van der Waals surface area contributed by atoms with Gasteiger partial charge in [-0.15, -0.1) is 11.3 Å². The highest BCUT2D eigenvalue weighted by Crippen LogP contribution is 2.38. The molecule has 0 saturated heterocycles. The van der Waals surface area contributed by atoms with Crippen molar-refractivity contribution in [1.29, 1.82) is 0 Å². The average molecular weight is 567 g/mol. The first-order valence-corrected chi connectivity index (χ1v) is 12.6. The number of aryl methyl sites for hydroxylation is 1. The van der Waals surface area contributed by atoms with Crippen LogP contribution in [0.2, 0.25) is 5.02 Å². The number of esters is 2. The molecule has 0 N–H and O–H groups in total. The molecule has 3 aromatic carbocycles. The number of cyclic esters (lactones) is 1. The molecular formula is C27H17BrClNO4S. The second-order valence-corrected chi connectivity index (χ2v) is 10.2. The van der Waals surface area contributed by atoms with Crippen molar-refractivity contribution in [1.82, 2.24) is 0 Å². The van der Waals surface area contributed by atoms with Crippen LogP contribution in [0.4, 0.5) is 0 Å². The van der Waals surface area contributed by atoms with Gasteiger partial charge >= 0.3 is 11.9 Å². The number of thiophene rings is 1. The van der Waals surface area contributed by atoms with Crippen LogP contribution in [-0.2, 0) is 20.7 Å². The molecule has 1 aliphatic rings. The predicted octanol–water partition coefficient (Wildman–Crippen LogP) is 7.12. The van der Waals surface area contributed by atoms with Crippen LogP contribution in [0.3, 0.4) is 0 Å². The van der Waals surface area contributed by atoms with E-state index in [1.54, 1.807) is 18.2 Å². The van der Waals surface area contributed by atoms with Crippen molar-refractivity contribution in [2.75, 3.05) is 0 Å². The number of fused-ring (bicyclic) bond motifs is 1. The topological polar surface area (TPSA) is 65.0 Å². The molecule has 174 valence electrons. The van der Waals surface area contributed by atoms with Crippen LogP contribution in [0, 0.1) is 6.92 Å². The molecule has 0 spiro atoms. The van der Waals surface area contributed by atoms with E-state index in [0.717, 1.165) is 25.7 Å². The van der Waals surface area contributed by atoms with E-state index in [0.29, 0.717) is 21.2 Å². The fourth-order valence-corrected chi connectivity index (χ4v) is 5.52. The molecule has 0 amide bonds. The van der Waals surface area contributed by atoms with Crippen molar-refractivity contribution < 1.29 is 19.1 Å². The van der Waals surface area contributed by atoms with E-state index in [1.165, 1.54) is 17.4 Å². The third-order valence-electron chi connectivity index (χ3n) is 5.28. The summed E-state index contributed by atoms with van der Waals surface area (Å²) in [6.07, 6.45) is 1.66. The Morgan fingerprint density at radius 1 is 1.14 bits per heavy atom. The minimum atomic E-state index is -0.605. The predicted molar refractivity (Wildman–Crippen MR) is 142 cm³/mol. The highest BCUT2D eigenvalue weighted by molar-refractivity contribution is 9.10. The van der Waals surface area contributed by atoms with E-state index in [2.05, 4.69) is 20.9 Å². The minimum Gasteiger partial charge on any atom is -0.426 e. The number of carbonyl (C=O) groups excluding carboxylic acids is 2. The molecular weight excluding hydrogens is 550 g/mol. The fraction of sp³-hybridized carbons (Fsp3) is 0.0741. The number of carbonyl (C=O) groups is 2. The lowest BCUT2D eigenvalue weighted by molar-refractivity contribution is -0.133. The molecule has 0 aliphatic carbocycles. The van der Waals surface area contributed by atoms with E-state index in [1.807, 2.05) is 55.5 Å². The van der Waals surface area contributed by atoms with Crippen LogP contribution in [0.5, 0.6) is 5.75 Å². The lowest BCUT2D eigenvalue weighted by atomic mass is 10.1. The summed E-state index contributed by atoms with van der Waals surface area (Å²) in [5.74, 6) is -0.550. The fourth-order valence-electron chi connectivity index (χ4n) is 3.61. The molecule has 35 heavy (non-hydrogen) atoms. The summed E-state index contributed by atoms with van der Waals surface area (Å²) in [6.45, 7) is 2.00. The summed E-state index contributed by atoms with van der Waals surface area (Å²) in [4.78, 5) is 30.2. The maximum absolute atomic E-state index is 12.6. The van der Waals surface area contributed by atoms with Gasteiger partial charge in [-0.05, 0) is 48.4 Å². The van der Waals surface area contributed by atoms with Crippen LogP contribution >= 0.6 is 38.9 Å². The molecule has 5 nitrogen and oxygen atoms in total. The van der Waals surface area contributed by atoms with Gasteiger partial charge in [0, 0.05) is 20.1 Å². The van der Waals surface area contributed by atoms with Gasteiger partial charge in [-0.1, -0.05) is 70.0 Å². The van der Waals surface area contributed by atoms with Gasteiger partial charge in [-0.2, -0.15) is 0 Å². The Bertz CT molecular complexity index is 1540. The van der Waals surface area contributed by atoms with Gasteiger partial charge in [0.2, 0.25) is 5.90 Å². The van der Waals surface area contributed by atoms with Gasteiger partial charge in [0.1, 0.15) is 10.6 Å². The summed E-state index contributed by atoms with van der Waals surface area (Å²) in [6, 6.07) is 20.4. The Labute approximate surface area is 218 Å². The molecule has 0 atom stereocenters. The Hall–Kier alpha value is -3.26. The number of benzene rings is 3. The summed E-state index contributed by atoms with van der Waals surface area (Å²) >= 11 is 11.4. The minimum absolute atomic E-state index is 0.0863. The second-order valence-electron chi connectivity index (χ2n) is 7.90. The third kappa shape index (κ3) is 5.07. The van der Waals surface area contributed by atoms with E-state index >= 15 is 0 Å². The van der Waals surface area contributed by atoms with Gasteiger partial charge in [0.25, 0.3) is 0 Å². The van der Waals surface area contributed by atoms with Gasteiger partial charge in [-0.3, -0.25) is 4.79 Å². The number of aliphatic imine (C=N–C) groups is 1. The number of nitrogens with zero attached hydrogens (tertiary/aromatic N) is 1. The van der Waals surface area contributed by atoms with Crippen LogP contribution < -0.4 is 4.74 Å². The van der Waals surface area contributed by atoms with Crippen molar-refractivity contribution in [2.24, 2.45) is 4.99 Å². The maximum Gasteiger partial charge on any atom is 0.363 e. The molecule has 4 aromatic rings. The Kier molecular flexibility index (Phi) is 6.56. The van der Waals surface area contributed by atoms with Gasteiger partial charge < -0.3 is 9.47 Å². The Morgan fingerprint density at radius 2 is 1.94 bits per heavy atom. The average Bonchev–Trinajstić information content (AvgIpc) is 3.35. The van der Waals surface area contributed by atoms with Crippen LogP contribution in [-0.4, -0.2) is 17.8 Å². The number of hydrogen-bond donors (Lipinski definition) is 0. The molecule has 2 heterocycles. The highest BCUT2D eigenvalue weighted by Gasteiger charge is 2.28. The Morgan fingerprint density at radius 3 is 2.74 bits per heavy atom. The van der Waals surface area contributed by atoms with Gasteiger partial charge in [0.05, 0.1) is 11.4 Å². The SMILES string of the molecule is Cc1ccc2c(Cl)c(C3=N/C(=C/c4cc(Br)ccc4OC(=O)Cc4ccccc4)C(=O)O3)sc2c1. The van der Waals surface area contributed by atoms with Crippen LogP contribution in [0.15, 0.2) is 81.9 Å². The number of hydrogen-bond acceptors (Lipinski definition) is 6. The molecule has 0 saturated carbocycles. The van der Waals surface area contributed by atoms with Crippen molar-refractivity contribution in [3.05, 3.63) is 103 Å². The van der Waals surface area contributed by atoms with E-state index in [-0.39, 0.29) is 18.0 Å². The lowest BCUT2D eigenvalue weighted by Crippen LogP contribution is -2.12. The van der Waals surface area contributed by atoms with Gasteiger partial charge in [0.15, 0.2) is 5.70 Å². The molecule has 0 radical (unpaired) electrons. The molecule has 0 bridgehead atoms. The largest absolute Gasteiger partial charge is 0.426 e. The molecule has 8 heteroatoms. The standard InChI is InChI=1S/C27H17BrClNO4S/c1-15-7-9-19-22(11-15)35-25(24(19)29)26-30-20(27(32)34-26)14-17-13-18(28)8-10-21(17)33-23(31)12-16-5-3-2-4-6-16/h2-11,13-14H,12H2,1H3/b20-14+. The first kappa shape index (κ1) is 23.5. The first-order chi connectivity index (χ1) is 16.9. The lowest BCUT2D eigenvalue weighted by Gasteiger charge is -2.08. The summed E-state index contributed by atoms with van der Waals surface area (Å²) < 4.78 is 12.8. The second kappa shape index (κ2) is 9.77. The summed E-state index contributed by atoms with van der Waals surface area (Å²) in [7, 11) is 0. The number of ether oxygens (including phenoxy) is 2. The van der Waals surface area contributed by atoms with Crippen molar-refractivity contribution in [2.45, 2.75) is 13.3 Å². The molecule has 1 aliphatic heterocycles. The summed E-state index contributed by atoms with van der Waals surface area (Å²) in [5, 5.41) is 1.38. The zero-order valence-electron chi connectivity index (χ0n) is 18.4. The van der Waals surface area contributed by atoms with Crippen molar-refractivity contribution in [3.8, 4) is 5.75 Å². The van der Waals surface area contributed by atoms with Crippen LogP contribution in [0.25, 0.3) is 16.2 Å². The normalized spacial score (nSPS) is 14.3. The highest BCUT2D eigenvalue weighted by atomic mass is 79.9. The van der Waals surface area contributed by atoms with E-state index in [4.69, 9.17) is 21.1 Å². The van der Waals surface area contributed by atoms with Crippen LogP contribution in [0.1, 0.15) is 21.6 Å². The molecule has 0 unspecified atom stereocenters. The zero-order chi connectivity index (χ0) is 24.5. The van der Waals surface area contributed by atoms with E-state index < -0.39 is 11.9 Å². The first-order valence-electron chi connectivity index (χ1n) is 10.6. The molecule has 1 aromatic heterocycles. The quantitative estimate of drug-likeness (QED) is 0.147. The van der Waals surface area contributed by atoms with E-state index in [9.17, 15) is 9.59 Å². The number of rotatable bonds is 5. The van der Waals surface area contributed by atoms with Crippen molar-refractivity contribution >= 4 is 72.9 Å². The van der Waals surface area contributed by atoms with Crippen molar-refractivity contribution in [3.63, 3.8) is 0 Å². The summed E-state index contributed by atoms with van der Waals surface area (Å²) in [5.41, 5.74) is 2.55. The monoisotopic (exact) mass is 565 g/mol. The molecule has 5 rings (SSSR count). The Balaban J connectivity index is 1.45.